The largest absolute Gasteiger partial charge is 0.494 e. The van der Waals surface area contributed by atoms with Crippen LogP contribution in [0.15, 0.2) is 48.5 Å². The van der Waals surface area contributed by atoms with E-state index in [1.54, 1.807) is 36.4 Å². The number of carbonyl (C=O) groups is 1. The second-order valence-electron chi connectivity index (χ2n) is 5.88. The molecule has 1 amide bonds. The number of nitrogens with one attached hydrogen (secondary N) is 1. The normalized spacial score (nSPS) is 11.0. The van der Waals surface area contributed by atoms with E-state index >= 15 is 0 Å². The number of anilines is 1. The summed E-state index contributed by atoms with van der Waals surface area (Å²) in [4.78, 5) is 12.1. The first-order valence-electron chi connectivity index (χ1n) is 8.36. The molecule has 26 heavy (non-hydrogen) atoms. The average molecular weight is 376 g/mol. The Hall–Kier alpha value is -2.54. The van der Waals surface area contributed by atoms with Gasteiger partial charge in [-0.2, -0.15) is 0 Å². The van der Waals surface area contributed by atoms with E-state index in [1.165, 1.54) is 4.31 Å². The van der Waals surface area contributed by atoms with Crippen molar-refractivity contribution in [2.75, 3.05) is 30.3 Å². The van der Waals surface area contributed by atoms with E-state index in [1.807, 2.05) is 26.0 Å². The van der Waals surface area contributed by atoms with Crippen LogP contribution in [0.4, 0.5) is 5.69 Å². The van der Waals surface area contributed by atoms with Crippen LogP contribution < -0.4 is 14.4 Å². The zero-order valence-electron chi connectivity index (χ0n) is 15.2. The number of amides is 1. The van der Waals surface area contributed by atoms with Crippen molar-refractivity contribution in [1.29, 1.82) is 0 Å². The smallest absolute Gasteiger partial charge is 0.251 e. The fourth-order valence-corrected chi connectivity index (χ4v) is 3.37. The molecule has 0 aliphatic heterocycles. The topological polar surface area (TPSA) is 75.7 Å². The highest BCUT2D eigenvalue weighted by Gasteiger charge is 2.17. The van der Waals surface area contributed by atoms with Gasteiger partial charge in [0.25, 0.3) is 5.91 Å². The Bertz CT molecular complexity index is 831. The molecule has 0 unspecified atom stereocenters. The standard InChI is InChI=1S/C19H24N2O4S/c1-4-25-18-11-9-17(10-12-18)21(26(3,23)24)14-13-20-19(22)16-7-5-15(2)6-8-16/h5-12H,4,13-14H2,1-3H3,(H,20,22). The van der Waals surface area contributed by atoms with Gasteiger partial charge < -0.3 is 10.1 Å². The number of carbonyl (C=O) groups excluding carboxylic acids is 1. The van der Waals surface area contributed by atoms with Gasteiger partial charge in [-0.1, -0.05) is 17.7 Å². The van der Waals surface area contributed by atoms with Crippen molar-refractivity contribution >= 4 is 21.6 Å². The van der Waals surface area contributed by atoms with Gasteiger partial charge in [0.2, 0.25) is 10.0 Å². The lowest BCUT2D eigenvalue weighted by atomic mass is 10.1. The summed E-state index contributed by atoms with van der Waals surface area (Å²) in [5.41, 5.74) is 2.14. The number of sulfonamides is 1. The van der Waals surface area contributed by atoms with E-state index in [0.717, 1.165) is 11.8 Å². The van der Waals surface area contributed by atoms with Crippen LogP contribution in [0.1, 0.15) is 22.8 Å². The first kappa shape index (κ1) is 19.8. The predicted octanol–water partition coefficient (Wildman–Crippen LogP) is 2.59. The Kier molecular flexibility index (Phi) is 6.63. The van der Waals surface area contributed by atoms with Crippen LogP contribution >= 0.6 is 0 Å². The molecular weight excluding hydrogens is 352 g/mol. The number of hydrogen-bond donors (Lipinski definition) is 1. The van der Waals surface area contributed by atoms with E-state index < -0.39 is 10.0 Å². The van der Waals surface area contributed by atoms with Gasteiger partial charge in [-0.05, 0) is 50.2 Å². The molecule has 0 aromatic heterocycles. The third-order valence-electron chi connectivity index (χ3n) is 3.75. The molecule has 0 saturated carbocycles. The third-order valence-corrected chi connectivity index (χ3v) is 4.94. The minimum Gasteiger partial charge on any atom is -0.494 e. The quantitative estimate of drug-likeness (QED) is 0.768. The Morgan fingerprint density at radius 1 is 1.08 bits per heavy atom. The van der Waals surface area contributed by atoms with Gasteiger partial charge in [0, 0.05) is 12.1 Å². The highest BCUT2D eigenvalue weighted by atomic mass is 32.2. The number of benzene rings is 2. The van der Waals surface area contributed by atoms with Crippen molar-refractivity contribution in [2.45, 2.75) is 13.8 Å². The van der Waals surface area contributed by atoms with Gasteiger partial charge in [-0.25, -0.2) is 8.42 Å². The highest BCUT2D eigenvalue weighted by Crippen LogP contribution is 2.21. The predicted molar refractivity (Wildman–Crippen MR) is 103 cm³/mol. The van der Waals surface area contributed by atoms with Crippen molar-refractivity contribution in [3.05, 3.63) is 59.7 Å². The summed E-state index contributed by atoms with van der Waals surface area (Å²) in [6, 6.07) is 14.0. The van der Waals surface area contributed by atoms with Gasteiger partial charge in [-0.15, -0.1) is 0 Å². The van der Waals surface area contributed by atoms with Gasteiger partial charge >= 0.3 is 0 Å². The maximum Gasteiger partial charge on any atom is 0.251 e. The fraction of sp³-hybridized carbons (Fsp3) is 0.316. The Morgan fingerprint density at radius 2 is 1.69 bits per heavy atom. The third kappa shape index (κ3) is 5.49. The Morgan fingerprint density at radius 3 is 2.23 bits per heavy atom. The molecule has 0 spiro atoms. The molecule has 0 bridgehead atoms. The van der Waals surface area contributed by atoms with E-state index in [2.05, 4.69) is 5.32 Å². The molecule has 0 fully saturated rings. The summed E-state index contributed by atoms with van der Waals surface area (Å²) in [6.45, 7) is 4.72. The molecular formula is C19H24N2O4S. The number of hydrogen-bond acceptors (Lipinski definition) is 4. The van der Waals surface area contributed by atoms with E-state index in [9.17, 15) is 13.2 Å². The van der Waals surface area contributed by atoms with Crippen LogP contribution in [0.25, 0.3) is 0 Å². The molecule has 0 saturated heterocycles. The van der Waals surface area contributed by atoms with Crippen LogP contribution in [0, 0.1) is 6.92 Å². The van der Waals surface area contributed by atoms with Crippen molar-refractivity contribution in [3.8, 4) is 5.75 Å². The van der Waals surface area contributed by atoms with Crippen LogP contribution in [-0.2, 0) is 10.0 Å². The Labute approximate surface area is 154 Å². The molecule has 0 radical (unpaired) electrons. The SMILES string of the molecule is CCOc1ccc(N(CCNC(=O)c2ccc(C)cc2)S(C)(=O)=O)cc1. The summed E-state index contributed by atoms with van der Waals surface area (Å²) >= 11 is 0. The fourth-order valence-electron chi connectivity index (χ4n) is 2.44. The van der Waals surface area contributed by atoms with Crippen molar-refractivity contribution in [2.24, 2.45) is 0 Å². The summed E-state index contributed by atoms with van der Waals surface area (Å²) in [5, 5.41) is 2.75. The second-order valence-corrected chi connectivity index (χ2v) is 7.79. The summed E-state index contributed by atoms with van der Waals surface area (Å²) in [5.74, 6) is 0.447. The van der Waals surface area contributed by atoms with Crippen molar-refractivity contribution in [3.63, 3.8) is 0 Å². The maximum atomic E-state index is 12.1. The molecule has 2 aromatic carbocycles. The average Bonchev–Trinajstić information content (AvgIpc) is 2.59. The molecule has 2 aromatic rings. The van der Waals surface area contributed by atoms with E-state index in [0.29, 0.717) is 23.6 Å². The summed E-state index contributed by atoms with van der Waals surface area (Å²) in [7, 11) is -3.47. The molecule has 0 aliphatic rings. The lowest BCUT2D eigenvalue weighted by Gasteiger charge is -2.22. The lowest BCUT2D eigenvalue weighted by Crippen LogP contribution is -2.38. The molecule has 2 rings (SSSR count). The lowest BCUT2D eigenvalue weighted by molar-refractivity contribution is 0.0955. The zero-order valence-corrected chi connectivity index (χ0v) is 16.0. The van der Waals surface area contributed by atoms with Gasteiger partial charge in [0.1, 0.15) is 5.75 Å². The first-order valence-corrected chi connectivity index (χ1v) is 10.2. The monoisotopic (exact) mass is 376 g/mol. The molecule has 6 nitrogen and oxygen atoms in total. The molecule has 0 aliphatic carbocycles. The molecule has 0 atom stereocenters. The second kappa shape index (κ2) is 8.71. The highest BCUT2D eigenvalue weighted by molar-refractivity contribution is 7.92. The summed E-state index contributed by atoms with van der Waals surface area (Å²) in [6.07, 6.45) is 1.14. The van der Waals surface area contributed by atoms with E-state index in [-0.39, 0.29) is 19.0 Å². The van der Waals surface area contributed by atoms with Crippen LogP contribution in [0.5, 0.6) is 5.75 Å². The number of nitrogens with zero attached hydrogens (tertiary/aromatic N) is 1. The number of rotatable bonds is 8. The molecule has 0 heterocycles. The molecule has 1 N–H and O–H groups in total. The van der Waals surface area contributed by atoms with Crippen molar-refractivity contribution < 1.29 is 17.9 Å². The van der Waals surface area contributed by atoms with Crippen LogP contribution in [0.2, 0.25) is 0 Å². The molecule has 7 heteroatoms. The maximum absolute atomic E-state index is 12.1. The van der Waals surface area contributed by atoms with Gasteiger partial charge in [0.15, 0.2) is 0 Å². The Balaban J connectivity index is 2.02. The minimum absolute atomic E-state index is 0.143. The van der Waals surface area contributed by atoms with Crippen LogP contribution in [-0.4, -0.2) is 40.3 Å². The zero-order chi connectivity index (χ0) is 19.2. The number of aryl methyl sites for hydroxylation is 1. The van der Waals surface area contributed by atoms with Crippen LogP contribution in [0.3, 0.4) is 0 Å². The minimum atomic E-state index is -3.47. The van der Waals surface area contributed by atoms with Gasteiger partial charge in [-0.3, -0.25) is 9.10 Å². The summed E-state index contributed by atoms with van der Waals surface area (Å²) < 4.78 is 30.8. The van der Waals surface area contributed by atoms with E-state index in [4.69, 9.17) is 4.74 Å². The first-order chi connectivity index (χ1) is 12.3. The molecule has 140 valence electrons. The van der Waals surface area contributed by atoms with Gasteiger partial charge in [0.05, 0.1) is 25.1 Å². The number of ether oxygens (including phenoxy) is 1. The van der Waals surface area contributed by atoms with Crippen molar-refractivity contribution in [1.82, 2.24) is 5.32 Å².